The molecule has 1 aromatic carbocycles. The minimum atomic E-state index is -0.565. The summed E-state index contributed by atoms with van der Waals surface area (Å²) in [6.07, 6.45) is 5.76. The molecule has 1 aliphatic heterocycles. The van der Waals surface area contributed by atoms with Gasteiger partial charge in [0.2, 0.25) is 0 Å². The van der Waals surface area contributed by atoms with Crippen molar-refractivity contribution in [2.45, 2.75) is 32.6 Å². The van der Waals surface area contributed by atoms with Crippen LogP contribution in [0, 0.1) is 0 Å². The number of nitrogens with one attached hydrogen (secondary N) is 2. The number of rotatable bonds is 8. The predicted octanol–water partition coefficient (Wildman–Crippen LogP) is 3.22. The maximum Gasteiger partial charge on any atom is 0.263 e. The summed E-state index contributed by atoms with van der Waals surface area (Å²) in [6, 6.07) is 3.28. The fourth-order valence-corrected chi connectivity index (χ4v) is 2.90. The molecule has 0 aromatic heterocycles. The Labute approximate surface area is 162 Å². The lowest BCUT2D eigenvalue weighted by Gasteiger charge is -2.17. The fraction of sp³-hybridized carbons (Fsp3) is 0.389. The molecule has 2 rings (SSSR count). The standard InChI is InChI=1S/C18H21ClN2O4S/c1-3-4-5-6-7-25-15-13(19)9-11(10-14(15)24-2)8-12-16(22)20-18(26)21-17(12)23/h8-10H,3-7H2,1-2H3,(H2,20,21,22,23,26). The van der Waals surface area contributed by atoms with Crippen molar-refractivity contribution < 1.29 is 19.1 Å². The van der Waals surface area contributed by atoms with Crippen LogP contribution in [0.15, 0.2) is 17.7 Å². The summed E-state index contributed by atoms with van der Waals surface area (Å²) in [5.41, 5.74) is 0.475. The van der Waals surface area contributed by atoms with E-state index in [1.54, 1.807) is 12.1 Å². The molecule has 6 nitrogen and oxygen atoms in total. The van der Waals surface area contributed by atoms with Gasteiger partial charge < -0.3 is 9.47 Å². The largest absolute Gasteiger partial charge is 0.493 e. The minimum Gasteiger partial charge on any atom is -0.493 e. The maximum absolute atomic E-state index is 11.9. The third-order valence-corrected chi connectivity index (χ3v) is 4.24. The first kappa shape index (κ1) is 20.2. The zero-order valence-electron chi connectivity index (χ0n) is 14.7. The molecule has 1 fully saturated rings. The van der Waals surface area contributed by atoms with E-state index in [1.807, 2.05) is 0 Å². The zero-order chi connectivity index (χ0) is 19.1. The number of amides is 2. The van der Waals surface area contributed by atoms with E-state index in [0.29, 0.717) is 28.7 Å². The van der Waals surface area contributed by atoms with Crippen molar-refractivity contribution in [2.75, 3.05) is 13.7 Å². The van der Waals surface area contributed by atoms with Crippen LogP contribution in [0.4, 0.5) is 0 Å². The van der Waals surface area contributed by atoms with E-state index in [9.17, 15) is 9.59 Å². The Balaban J connectivity index is 2.20. The molecule has 26 heavy (non-hydrogen) atoms. The van der Waals surface area contributed by atoms with Gasteiger partial charge in [-0.25, -0.2) is 0 Å². The number of thiocarbonyl (C=S) groups is 1. The SMILES string of the molecule is CCCCCCOc1c(Cl)cc(C=C2C(=O)NC(=S)NC2=O)cc1OC. The first-order valence-corrected chi connectivity index (χ1v) is 9.13. The Morgan fingerprint density at radius 3 is 2.46 bits per heavy atom. The maximum atomic E-state index is 11.9. The van der Waals surface area contributed by atoms with Crippen molar-refractivity contribution >= 4 is 46.8 Å². The number of hydrogen-bond acceptors (Lipinski definition) is 5. The van der Waals surface area contributed by atoms with Crippen molar-refractivity contribution in [2.24, 2.45) is 0 Å². The number of benzene rings is 1. The summed E-state index contributed by atoms with van der Waals surface area (Å²) < 4.78 is 11.1. The van der Waals surface area contributed by atoms with Gasteiger partial charge in [0.25, 0.3) is 11.8 Å². The van der Waals surface area contributed by atoms with Gasteiger partial charge in [-0.05, 0) is 42.4 Å². The Bertz CT molecular complexity index is 727. The highest BCUT2D eigenvalue weighted by Crippen LogP contribution is 2.37. The summed E-state index contributed by atoms with van der Waals surface area (Å²) in [6.45, 7) is 2.69. The number of carbonyl (C=O) groups is 2. The summed E-state index contributed by atoms with van der Waals surface area (Å²) in [5.74, 6) is -0.242. The van der Waals surface area contributed by atoms with Crippen LogP contribution in [-0.4, -0.2) is 30.6 Å². The van der Waals surface area contributed by atoms with Gasteiger partial charge in [-0.1, -0.05) is 37.8 Å². The van der Waals surface area contributed by atoms with Crippen LogP contribution < -0.4 is 20.1 Å². The van der Waals surface area contributed by atoms with E-state index in [2.05, 4.69) is 17.6 Å². The fourth-order valence-electron chi connectivity index (χ4n) is 2.44. The molecule has 0 aliphatic carbocycles. The minimum absolute atomic E-state index is 0.0143. The number of unbranched alkanes of at least 4 members (excludes halogenated alkanes) is 3. The van der Waals surface area contributed by atoms with Crippen LogP contribution in [0.1, 0.15) is 38.2 Å². The van der Waals surface area contributed by atoms with E-state index in [0.717, 1.165) is 25.7 Å². The van der Waals surface area contributed by atoms with Crippen molar-refractivity contribution in [1.82, 2.24) is 10.6 Å². The highest BCUT2D eigenvalue weighted by atomic mass is 35.5. The number of ether oxygens (including phenoxy) is 2. The molecular weight excluding hydrogens is 376 g/mol. The van der Waals surface area contributed by atoms with Crippen LogP contribution in [0.2, 0.25) is 5.02 Å². The lowest BCUT2D eigenvalue weighted by atomic mass is 10.1. The van der Waals surface area contributed by atoms with Gasteiger partial charge in [-0.15, -0.1) is 0 Å². The van der Waals surface area contributed by atoms with Gasteiger partial charge in [0.15, 0.2) is 16.6 Å². The topological polar surface area (TPSA) is 76.7 Å². The number of halogens is 1. The third-order valence-electron chi connectivity index (χ3n) is 3.75. The Morgan fingerprint density at radius 1 is 1.15 bits per heavy atom. The molecule has 0 saturated carbocycles. The molecular formula is C18H21ClN2O4S. The van der Waals surface area contributed by atoms with Gasteiger partial charge in [0.05, 0.1) is 18.7 Å². The number of hydrogen-bond donors (Lipinski definition) is 2. The van der Waals surface area contributed by atoms with E-state index in [1.165, 1.54) is 13.2 Å². The Kier molecular flexibility index (Phi) is 7.41. The normalized spacial score (nSPS) is 14.0. The zero-order valence-corrected chi connectivity index (χ0v) is 16.3. The van der Waals surface area contributed by atoms with Crippen molar-refractivity contribution in [3.8, 4) is 11.5 Å². The molecule has 2 amide bonds. The second kappa shape index (κ2) is 9.54. The predicted molar refractivity (Wildman–Crippen MR) is 105 cm³/mol. The average molecular weight is 397 g/mol. The van der Waals surface area contributed by atoms with E-state index < -0.39 is 11.8 Å². The van der Waals surface area contributed by atoms with Gasteiger partial charge in [-0.3, -0.25) is 20.2 Å². The lowest BCUT2D eigenvalue weighted by molar-refractivity contribution is -0.123. The van der Waals surface area contributed by atoms with Crippen LogP contribution in [-0.2, 0) is 9.59 Å². The van der Waals surface area contributed by atoms with E-state index >= 15 is 0 Å². The number of carbonyl (C=O) groups excluding carboxylic acids is 2. The summed E-state index contributed by atoms with van der Waals surface area (Å²) in [5, 5.41) is 5.10. The third kappa shape index (κ3) is 5.19. The Hall–Kier alpha value is -2.12. The highest BCUT2D eigenvalue weighted by molar-refractivity contribution is 7.80. The molecule has 1 saturated heterocycles. The van der Waals surface area contributed by atoms with Gasteiger partial charge in [0, 0.05) is 0 Å². The summed E-state index contributed by atoms with van der Waals surface area (Å²) in [7, 11) is 1.50. The lowest BCUT2D eigenvalue weighted by Crippen LogP contribution is -2.51. The van der Waals surface area contributed by atoms with Gasteiger partial charge in [0.1, 0.15) is 5.57 Å². The monoisotopic (exact) mass is 396 g/mol. The highest BCUT2D eigenvalue weighted by Gasteiger charge is 2.26. The number of methoxy groups -OCH3 is 1. The summed E-state index contributed by atoms with van der Waals surface area (Å²) >= 11 is 11.1. The van der Waals surface area contributed by atoms with Gasteiger partial charge >= 0.3 is 0 Å². The smallest absolute Gasteiger partial charge is 0.263 e. The molecule has 1 aromatic rings. The van der Waals surface area contributed by atoms with Crippen LogP contribution in [0.5, 0.6) is 11.5 Å². The average Bonchev–Trinajstić information content (AvgIpc) is 2.59. The molecule has 0 unspecified atom stereocenters. The van der Waals surface area contributed by atoms with E-state index in [-0.39, 0.29) is 10.7 Å². The molecule has 8 heteroatoms. The molecule has 1 heterocycles. The second-order valence-corrected chi connectivity index (χ2v) is 6.55. The molecule has 2 N–H and O–H groups in total. The molecule has 140 valence electrons. The van der Waals surface area contributed by atoms with Crippen LogP contribution in [0.3, 0.4) is 0 Å². The van der Waals surface area contributed by atoms with Crippen molar-refractivity contribution in [1.29, 1.82) is 0 Å². The van der Waals surface area contributed by atoms with Crippen LogP contribution in [0.25, 0.3) is 6.08 Å². The second-order valence-electron chi connectivity index (χ2n) is 5.74. The Morgan fingerprint density at radius 2 is 1.85 bits per heavy atom. The first-order valence-electron chi connectivity index (χ1n) is 8.35. The quantitative estimate of drug-likeness (QED) is 0.305. The molecule has 1 aliphatic rings. The van der Waals surface area contributed by atoms with Crippen molar-refractivity contribution in [3.63, 3.8) is 0 Å². The van der Waals surface area contributed by atoms with E-state index in [4.69, 9.17) is 33.3 Å². The summed E-state index contributed by atoms with van der Waals surface area (Å²) in [4.78, 5) is 23.9. The first-order chi connectivity index (χ1) is 12.5. The molecule has 0 radical (unpaired) electrons. The van der Waals surface area contributed by atoms with Gasteiger partial charge in [-0.2, -0.15) is 0 Å². The molecule has 0 atom stereocenters. The van der Waals surface area contributed by atoms with Crippen molar-refractivity contribution in [3.05, 3.63) is 28.3 Å². The molecule has 0 bridgehead atoms. The van der Waals surface area contributed by atoms with Crippen LogP contribution >= 0.6 is 23.8 Å². The molecule has 0 spiro atoms.